The molecule has 1 unspecified atom stereocenters. The molecular weight excluding hydrogens is 266 g/mol. The summed E-state index contributed by atoms with van der Waals surface area (Å²) in [6, 6.07) is 6.76. The van der Waals surface area contributed by atoms with Crippen LogP contribution in [0, 0.1) is 12.8 Å². The molecule has 1 rings (SSSR count). The van der Waals surface area contributed by atoms with Crippen LogP contribution in [0.5, 0.6) is 0 Å². The Labute approximate surface area is 126 Å². The van der Waals surface area contributed by atoms with Crippen molar-refractivity contribution in [2.75, 3.05) is 20.1 Å². The summed E-state index contributed by atoms with van der Waals surface area (Å²) in [6.07, 6.45) is 0. The van der Waals surface area contributed by atoms with Crippen molar-refractivity contribution < 1.29 is 9.59 Å². The first kappa shape index (κ1) is 17.2. The van der Waals surface area contributed by atoms with Gasteiger partial charge in [0, 0.05) is 13.6 Å². The molecule has 0 saturated carbocycles. The molecule has 0 radical (unpaired) electrons. The van der Waals surface area contributed by atoms with E-state index in [9.17, 15) is 9.59 Å². The summed E-state index contributed by atoms with van der Waals surface area (Å²) in [7, 11) is 1.59. The molecule has 0 bridgehead atoms. The highest BCUT2D eigenvalue weighted by Gasteiger charge is 2.21. The van der Waals surface area contributed by atoms with Crippen molar-refractivity contribution in [2.45, 2.75) is 26.8 Å². The van der Waals surface area contributed by atoms with Crippen LogP contribution in [0.4, 0.5) is 0 Å². The van der Waals surface area contributed by atoms with Crippen LogP contribution in [0.1, 0.15) is 31.0 Å². The van der Waals surface area contributed by atoms with Gasteiger partial charge in [-0.25, -0.2) is 0 Å². The van der Waals surface area contributed by atoms with Crippen molar-refractivity contribution in [3.63, 3.8) is 0 Å². The summed E-state index contributed by atoms with van der Waals surface area (Å²) in [5, 5.41) is 2.78. The Bertz CT molecular complexity index is 483. The van der Waals surface area contributed by atoms with Crippen molar-refractivity contribution in [2.24, 2.45) is 11.7 Å². The van der Waals surface area contributed by atoms with Crippen molar-refractivity contribution in [1.82, 2.24) is 10.2 Å². The summed E-state index contributed by atoms with van der Waals surface area (Å²) in [5.74, 6) is -0.0565. The van der Waals surface area contributed by atoms with Gasteiger partial charge in [-0.05, 0) is 18.4 Å². The lowest BCUT2D eigenvalue weighted by atomic mass is 10.0. The van der Waals surface area contributed by atoms with E-state index in [1.165, 1.54) is 4.90 Å². The zero-order chi connectivity index (χ0) is 16.0. The monoisotopic (exact) mass is 291 g/mol. The standard InChI is InChI=1S/C16H25N3O2/c1-11(2)9-18-14(20)10-19(4)16(21)15(17)13-7-5-12(3)6-8-13/h5-8,11,15H,9-10,17H2,1-4H3,(H,18,20). The minimum atomic E-state index is -0.742. The van der Waals surface area contributed by atoms with Gasteiger partial charge < -0.3 is 16.0 Å². The highest BCUT2D eigenvalue weighted by atomic mass is 16.2. The molecule has 0 fully saturated rings. The molecule has 21 heavy (non-hydrogen) atoms. The Hall–Kier alpha value is -1.88. The van der Waals surface area contributed by atoms with Crippen LogP contribution in [-0.4, -0.2) is 36.9 Å². The van der Waals surface area contributed by atoms with Crippen LogP contribution in [0.15, 0.2) is 24.3 Å². The number of hydrogen-bond acceptors (Lipinski definition) is 3. The van der Waals surface area contributed by atoms with Crippen LogP contribution in [-0.2, 0) is 9.59 Å². The summed E-state index contributed by atoms with van der Waals surface area (Å²) in [4.78, 5) is 25.3. The maximum Gasteiger partial charge on any atom is 0.244 e. The minimum Gasteiger partial charge on any atom is -0.354 e. The number of hydrogen-bond donors (Lipinski definition) is 2. The number of carbonyl (C=O) groups is 2. The molecule has 0 aliphatic carbocycles. The van der Waals surface area contributed by atoms with Crippen LogP contribution < -0.4 is 11.1 Å². The number of likely N-dealkylation sites (N-methyl/N-ethyl adjacent to an activating group) is 1. The molecule has 5 heteroatoms. The van der Waals surface area contributed by atoms with Crippen LogP contribution in [0.25, 0.3) is 0 Å². The zero-order valence-corrected chi connectivity index (χ0v) is 13.2. The average molecular weight is 291 g/mol. The van der Waals surface area contributed by atoms with Crippen molar-refractivity contribution in [3.8, 4) is 0 Å². The predicted octanol–water partition coefficient (Wildman–Crippen LogP) is 1.23. The Kier molecular flexibility index (Phi) is 6.37. The fourth-order valence-electron chi connectivity index (χ4n) is 1.82. The highest BCUT2D eigenvalue weighted by Crippen LogP contribution is 2.13. The molecule has 0 aliphatic heterocycles. The van der Waals surface area contributed by atoms with E-state index in [-0.39, 0.29) is 18.4 Å². The number of nitrogens with two attached hydrogens (primary N) is 1. The van der Waals surface area contributed by atoms with Crippen LogP contribution in [0.3, 0.4) is 0 Å². The largest absolute Gasteiger partial charge is 0.354 e. The normalized spacial score (nSPS) is 12.1. The fraction of sp³-hybridized carbons (Fsp3) is 0.500. The molecule has 5 nitrogen and oxygen atoms in total. The maximum atomic E-state index is 12.2. The average Bonchev–Trinajstić information content (AvgIpc) is 2.44. The highest BCUT2D eigenvalue weighted by molar-refractivity contribution is 5.87. The molecule has 0 saturated heterocycles. The maximum absolute atomic E-state index is 12.2. The number of rotatable bonds is 6. The van der Waals surface area contributed by atoms with Gasteiger partial charge in [0.05, 0.1) is 6.54 Å². The number of carbonyl (C=O) groups excluding carboxylic acids is 2. The van der Waals surface area contributed by atoms with E-state index in [0.717, 1.165) is 11.1 Å². The predicted molar refractivity (Wildman–Crippen MR) is 83.6 cm³/mol. The van der Waals surface area contributed by atoms with E-state index in [0.29, 0.717) is 12.5 Å². The first-order valence-electron chi connectivity index (χ1n) is 7.15. The fourth-order valence-corrected chi connectivity index (χ4v) is 1.82. The van der Waals surface area contributed by atoms with Gasteiger partial charge in [0.2, 0.25) is 11.8 Å². The second kappa shape index (κ2) is 7.78. The van der Waals surface area contributed by atoms with E-state index in [4.69, 9.17) is 5.73 Å². The Morgan fingerprint density at radius 2 is 1.81 bits per heavy atom. The second-order valence-corrected chi connectivity index (χ2v) is 5.78. The summed E-state index contributed by atoms with van der Waals surface area (Å²) >= 11 is 0. The van der Waals surface area contributed by atoms with Crippen LogP contribution in [0.2, 0.25) is 0 Å². The smallest absolute Gasteiger partial charge is 0.244 e. The van der Waals surface area contributed by atoms with E-state index in [2.05, 4.69) is 5.32 Å². The topological polar surface area (TPSA) is 75.4 Å². The molecule has 3 N–H and O–H groups in total. The summed E-state index contributed by atoms with van der Waals surface area (Å²) < 4.78 is 0. The molecule has 2 amide bonds. The molecular formula is C16H25N3O2. The van der Waals surface area contributed by atoms with Crippen molar-refractivity contribution >= 4 is 11.8 Å². The quantitative estimate of drug-likeness (QED) is 0.827. The van der Waals surface area contributed by atoms with E-state index < -0.39 is 6.04 Å². The van der Waals surface area contributed by atoms with E-state index in [1.54, 1.807) is 7.05 Å². The van der Waals surface area contributed by atoms with E-state index >= 15 is 0 Å². The molecule has 0 aromatic heterocycles. The first-order valence-corrected chi connectivity index (χ1v) is 7.15. The number of benzene rings is 1. The number of amides is 2. The third-order valence-corrected chi connectivity index (χ3v) is 3.17. The number of aryl methyl sites for hydroxylation is 1. The third kappa shape index (κ3) is 5.55. The number of nitrogens with zero attached hydrogens (tertiary/aromatic N) is 1. The van der Waals surface area contributed by atoms with Crippen molar-refractivity contribution in [3.05, 3.63) is 35.4 Å². The van der Waals surface area contributed by atoms with Gasteiger partial charge in [0.1, 0.15) is 6.04 Å². The molecule has 116 valence electrons. The third-order valence-electron chi connectivity index (χ3n) is 3.17. The Balaban J connectivity index is 2.57. The van der Waals surface area contributed by atoms with E-state index in [1.807, 2.05) is 45.0 Å². The molecule has 0 aliphatic rings. The summed E-state index contributed by atoms with van der Waals surface area (Å²) in [6.45, 7) is 6.63. The zero-order valence-electron chi connectivity index (χ0n) is 13.2. The second-order valence-electron chi connectivity index (χ2n) is 5.78. The van der Waals surface area contributed by atoms with Gasteiger partial charge >= 0.3 is 0 Å². The minimum absolute atomic E-state index is 0.0190. The van der Waals surface area contributed by atoms with Crippen LogP contribution >= 0.6 is 0 Å². The Morgan fingerprint density at radius 1 is 1.24 bits per heavy atom. The molecule has 1 atom stereocenters. The van der Waals surface area contributed by atoms with Gasteiger partial charge in [0.15, 0.2) is 0 Å². The number of nitrogens with one attached hydrogen (secondary N) is 1. The van der Waals surface area contributed by atoms with Gasteiger partial charge in [-0.15, -0.1) is 0 Å². The molecule has 0 heterocycles. The lowest BCUT2D eigenvalue weighted by Gasteiger charge is -2.21. The molecule has 0 spiro atoms. The molecule has 1 aromatic rings. The van der Waals surface area contributed by atoms with Gasteiger partial charge in [-0.3, -0.25) is 9.59 Å². The summed E-state index contributed by atoms with van der Waals surface area (Å²) in [5.41, 5.74) is 7.83. The lowest BCUT2D eigenvalue weighted by Crippen LogP contribution is -2.43. The molecule has 1 aromatic carbocycles. The van der Waals surface area contributed by atoms with Crippen molar-refractivity contribution in [1.29, 1.82) is 0 Å². The Morgan fingerprint density at radius 3 is 2.33 bits per heavy atom. The van der Waals surface area contributed by atoms with Gasteiger partial charge in [0.25, 0.3) is 0 Å². The van der Waals surface area contributed by atoms with Gasteiger partial charge in [-0.2, -0.15) is 0 Å². The lowest BCUT2D eigenvalue weighted by molar-refractivity contribution is -0.135. The first-order chi connectivity index (χ1) is 9.81. The SMILES string of the molecule is Cc1ccc(C(N)C(=O)N(C)CC(=O)NCC(C)C)cc1. The van der Waals surface area contributed by atoms with Gasteiger partial charge in [-0.1, -0.05) is 43.7 Å².